The normalized spacial score (nSPS) is 16.4. The molecule has 0 bridgehead atoms. The zero-order valence-electron chi connectivity index (χ0n) is 26.8. The Morgan fingerprint density at radius 1 is 1.23 bits per heavy atom. The number of nitrogen functional groups attached to an aromatic ring is 1. The number of alkyl halides is 3. The van der Waals surface area contributed by atoms with E-state index in [1.807, 2.05) is 50.7 Å². The van der Waals surface area contributed by atoms with Crippen LogP contribution in [0.25, 0.3) is 33.1 Å². The van der Waals surface area contributed by atoms with Crippen molar-refractivity contribution < 1.29 is 27.0 Å². The lowest BCUT2D eigenvalue weighted by molar-refractivity contribution is -0.137. The van der Waals surface area contributed by atoms with E-state index in [2.05, 4.69) is 25.1 Å². The Morgan fingerprint density at radius 2 is 2.00 bits per heavy atom. The van der Waals surface area contributed by atoms with E-state index in [0.717, 1.165) is 6.42 Å². The van der Waals surface area contributed by atoms with Crippen molar-refractivity contribution in [2.75, 3.05) is 37.9 Å². The molecule has 2 unspecified atom stereocenters. The van der Waals surface area contributed by atoms with Crippen molar-refractivity contribution in [1.29, 1.82) is 0 Å². The monoisotopic (exact) mass is 653 g/mol. The van der Waals surface area contributed by atoms with Crippen LogP contribution in [0, 0.1) is 12.7 Å². The van der Waals surface area contributed by atoms with Crippen molar-refractivity contribution in [3.8, 4) is 23.1 Å². The Kier molecular flexibility index (Phi) is 8.28. The van der Waals surface area contributed by atoms with Gasteiger partial charge in [0.05, 0.1) is 29.4 Å². The first-order valence-electron chi connectivity index (χ1n) is 15.2. The molecule has 0 amide bonds. The number of halogens is 4. The number of aryl methyl sites for hydroxylation is 1. The summed E-state index contributed by atoms with van der Waals surface area (Å²) < 4.78 is 73.1. The van der Waals surface area contributed by atoms with Crippen LogP contribution in [0.1, 0.15) is 49.9 Å². The van der Waals surface area contributed by atoms with Crippen LogP contribution < -0.4 is 20.1 Å². The molecule has 0 radical (unpaired) electrons. The summed E-state index contributed by atoms with van der Waals surface area (Å²) in [6.45, 7) is 7.33. The molecule has 248 valence electrons. The van der Waals surface area contributed by atoms with E-state index in [9.17, 15) is 13.2 Å². The van der Waals surface area contributed by atoms with E-state index in [1.165, 1.54) is 19.2 Å². The van der Waals surface area contributed by atoms with Gasteiger partial charge in [0.25, 0.3) is 0 Å². The first kappa shape index (κ1) is 32.2. The zero-order valence-corrected chi connectivity index (χ0v) is 26.8. The van der Waals surface area contributed by atoms with Gasteiger partial charge in [-0.3, -0.25) is 5.10 Å². The van der Waals surface area contributed by atoms with Crippen molar-refractivity contribution in [2.45, 2.75) is 58.4 Å². The minimum atomic E-state index is -4.83. The lowest BCUT2D eigenvalue weighted by Gasteiger charge is -2.35. The number of nitrogens with zero attached hydrogens (tertiary/aromatic N) is 7. The summed E-state index contributed by atoms with van der Waals surface area (Å²) in [4.78, 5) is 21.7. The largest absolute Gasteiger partial charge is 0.475 e. The predicted molar refractivity (Wildman–Crippen MR) is 170 cm³/mol. The summed E-state index contributed by atoms with van der Waals surface area (Å²) >= 11 is 0. The average Bonchev–Trinajstić information content (AvgIpc) is 3.43. The highest BCUT2D eigenvalue weighted by molar-refractivity contribution is 6.02. The molecular formula is C32H35F4N9O2. The maximum Gasteiger partial charge on any atom is 0.417 e. The van der Waals surface area contributed by atoms with Crippen LogP contribution >= 0.6 is 0 Å². The van der Waals surface area contributed by atoms with E-state index in [-0.39, 0.29) is 64.9 Å². The SMILES string of the molecule is CCC(COc1nc2c3c(nc(-c4c(C(F)(F)F)c(C)cc5[nH]ncc45)c(F)c3n1)OC[C@H](C)N2C(C)c1cccnc1N)N(C)C. The maximum atomic E-state index is 17.0. The smallest absolute Gasteiger partial charge is 0.417 e. The number of hydrogen-bond acceptors (Lipinski definition) is 10. The summed E-state index contributed by atoms with van der Waals surface area (Å²) in [5.41, 5.74) is 4.76. The molecule has 15 heteroatoms. The number of likely N-dealkylation sites (N-methyl/N-ethyl adjacent to an activating group) is 1. The Labute approximate surface area is 268 Å². The number of H-pyrrole nitrogens is 1. The fourth-order valence-electron chi connectivity index (χ4n) is 6.25. The molecule has 0 spiro atoms. The number of ether oxygens (including phenoxy) is 2. The van der Waals surface area contributed by atoms with Crippen LogP contribution in [0.2, 0.25) is 0 Å². The van der Waals surface area contributed by atoms with E-state index < -0.39 is 34.9 Å². The number of fused-ring (bicyclic) bond motifs is 1. The molecule has 0 saturated heterocycles. The molecule has 5 aromatic rings. The van der Waals surface area contributed by atoms with Crippen LogP contribution in [0.3, 0.4) is 0 Å². The second kappa shape index (κ2) is 12.1. The molecule has 0 fully saturated rings. The van der Waals surface area contributed by atoms with Gasteiger partial charge < -0.3 is 25.0 Å². The molecule has 11 nitrogen and oxygen atoms in total. The highest BCUT2D eigenvalue weighted by Gasteiger charge is 2.40. The molecule has 4 aromatic heterocycles. The Morgan fingerprint density at radius 3 is 2.68 bits per heavy atom. The van der Waals surface area contributed by atoms with Gasteiger partial charge in [-0.05, 0) is 59.0 Å². The number of benzene rings is 1. The Bertz CT molecular complexity index is 1960. The van der Waals surface area contributed by atoms with Crippen LogP contribution in [-0.2, 0) is 6.18 Å². The van der Waals surface area contributed by atoms with E-state index in [4.69, 9.17) is 20.2 Å². The molecule has 1 aliphatic rings. The molecule has 0 aliphatic carbocycles. The first-order valence-corrected chi connectivity index (χ1v) is 15.2. The predicted octanol–water partition coefficient (Wildman–Crippen LogP) is 6.08. The molecule has 47 heavy (non-hydrogen) atoms. The van der Waals surface area contributed by atoms with Crippen LogP contribution in [0.15, 0.2) is 30.6 Å². The topological polar surface area (TPSA) is 131 Å². The van der Waals surface area contributed by atoms with Gasteiger partial charge in [0, 0.05) is 28.8 Å². The number of aromatic nitrogens is 6. The number of anilines is 2. The van der Waals surface area contributed by atoms with Gasteiger partial charge in [-0.1, -0.05) is 13.0 Å². The number of hydrogen-bond donors (Lipinski definition) is 2. The van der Waals surface area contributed by atoms with Crippen molar-refractivity contribution in [1.82, 2.24) is 35.0 Å². The van der Waals surface area contributed by atoms with Gasteiger partial charge in [0.15, 0.2) is 5.82 Å². The molecule has 0 saturated carbocycles. The molecule has 6 rings (SSSR count). The number of pyridine rings is 2. The van der Waals surface area contributed by atoms with Crippen LogP contribution in [0.5, 0.6) is 11.9 Å². The van der Waals surface area contributed by atoms with E-state index in [1.54, 1.807) is 12.3 Å². The lowest BCUT2D eigenvalue weighted by Crippen LogP contribution is -2.39. The standard InChI is InChI=1S/C32H35F4N9O2/c1-7-18(44(5)6)14-47-31-41-27-23-29(42-31)45(17(4)19-9-8-10-38-28(19)37)16(3)13-46-30(23)40-26(25(27)33)22-20-12-39-43-21(20)11-15(2)24(22)32(34,35)36/h8-12,16-18H,7,13-14H2,1-6H3,(H2,37,38)(H,39,43)/t16-,17?,18?/m0/s1. The summed E-state index contributed by atoms with van der Waals surface area (Å²) in [6.07, 6.45) is -1.28. The number of aromatic amines is 1. The quantitative estimate of drug-likeness (QED) is 0.190. The molecular weight excluding hydrogens is 618 g/mol. The molecule has 5 heterocycles. The van der Waals surface area contributed by atoms with Gasteiger partial charge in [0.2, 0.25) is 5.88 Å². The van der Waals surface area contributed by atoms with Gasteiger partial charge in [-0.25, -0.2) is 14.4 Å². The molecule has 3 atom stereocenters. The number of rotatable bonds is 8. The summed E-state index contributed by atoms with van der Waals surface area (Å²) in [7, 11) is 3.82. The minimum absolute atomic E-state index is 0.00896. The van der Waals surface area contributed by atoms with Crippen LogP contribution in [0.4, 0.5) is 29.2 Å². The zero-order chi connectivity index (χ0) is 33.8. The van der Waals surface area contributed by atoms with E-state index >= 15 is 4.39 Å². The van der Waals surface area contributed by atoms with Crippen LogP contribution in [-0.4, -0.2) is 74.4 Å². The highest BCUT2D eigenvalue weighted by atomic mass is 19.4. The van der Waals surface area contributed by atoms with Gasteiger partial charge in [0.1, 0.15) is 41.4 Å². The first-order chi connectivity index (χ1) is 22.3. The summed E-state index contributed by atoms with van der Waals surface area (Å²) in [6, 6.07) is 3.94. The lowest BCUT2D eigenvalue weighted by atomic mass is 9.94. The van der Waals surface area contributed by atoms with Gasteiger partial charge >= 0.3 is 12.2 Å². The third kappa shape index (κ3) is 5.62. The second-order valence-corrected chi connectivity index (χ2v) is 12.0. The van der Waals surface area contributed by atoms with Gasteiger partial charge in [-0.15, -0.1) is 0 Å². The van der Waals surface area contributed by atoms with Crippen molar-refractivity contribution in [3.05, 3.63) is 53.1 Å². The number of nitrogens with two attached hydrogens (primary N) is 1. The summed E-state index contributed by atoms with van der Waals surface area (Å²) in [5, 5.41) is 6.77. The fraction of sp³-hybridized carbons (Fsp3) is 0.406. The second-order valence-electron chi connectivity index (χ2n) is 12.0. The third-order valence-electron chi connectivity index (χ3n) is 8.70. The maximum absolute atomic E-state index is 17.0. The summed E-state index contributed by atoms with van der Waals surface area (Å²) in [5.74, 6) is -0.642. The third-order valence-corrected chi connectivity index (χ3v) is 8.70. The van der Waals surface area contributed by atoms with Gasteiger partial charge in [-0.2, -0.15) is 28.2 Å². The minimum Gasteiger partial charge on any atom is -0.475 e. The van der Waals surface area contributed by atoms with Crippen molar-refractivity contribution in [3.63, 3.8) is 0 Å². The molecule has 1 aliphatic heterocycles. The Hall–Kier alpha value is -4.79. The molecule has 1 aromatic carbocycles. The Balaban J connectivity index is 1.66. The molecule has 3 N–H and O–H groups in total. The highest BCUT2D eigenvalue weighted by Crippen LogP contribution is 2.47. The van der Waals surface area contributed by atoms with Crippen molar-refractivity contribution >= 4 is 33.4 Å². The average molecular weight is 654 g/mol. The van der Waals surface area contributed by atoms with E-state index in [0.29, 0.717) is 16.9 Å². The fourth-order valence-corrected chi connectivity index (χ4v) is 6.25. The van der Waals surface area contributed by atoms with Crippen molar-refractivity contribution in [2.24, 2.45) is 0 Å². The number of nitrogens with one attached hydrogen (secondary N) is 1.